The van der Waals surface area contributed by atoms with E-state index in [9.17, 15) is 0 Å². The lowest BCUT2D eigenvalue weighted by molar-refractivity contribution is 0.177. The molecule has 0 amide bonds. The molecule has 2 heterocycles. The van der Waals surface area contributed by atoms with E-state index in [0.29, 0.717) is 12.6 Å². The van der Waals surface area contributed by atoms with Crippen LogP contribution in [0.5, 0.6) is 0 Å². The lowest BCUT2D eigenvalue weighted by atomic mass is 10.2. The van der Waals surface area contributed by atoms with Crippen LogP contribution in [0, 0.1) is 11.8 Å². The van der Waals surface area contributed by atoms with Gasteiger partial charge in [-0.1, -0.05) is 18.8 Å². The first-order chi connectivity index (χ1) is 9.72. The molecule has 0 aliphatic carbocycles. The van der Waals surface area contributed by atoms with Crippen molar-refractivity contribution in [1.29, 1.82) is 0 Å². The number of hydrogen-bond donors (Lipinski definition) is 1. The summed E-state index contributed by atoms with van der Waals surface area (Å²) in [5.74, 6) is 6.04. The van der Waals surface area contributed by atoms with Crippen LogP contribution >= 0.6 is 11.3 Å². The van der Waals surface area contributed by atoms with E-state index in [1.54, 1.807) is 0 Å². The van der Waals surface area contributed by atoms with Gasteiger partial charge in [0.05, 0.1) is 6.54 Å². The van der Waals surface area contributed by atoms with Gasteiger partial charge in [0.2, 0.25) is 0 Å². The third-order valence-electron chi connectivity index (χ3n) is 3.84. The van der Waals surface area contributed by atoms with E-state index in [4.69, 9.17) is 5.73 Å². The van der Waals surface area contributed by atoms with Gasteiger partial charge in [-0.3, -0.25) is 4.90 Å². The SMILES string of the molecule is CCC1CN(C)CCCN1Cc1cc(C#CCN)cs1. The molecular formula is C16H25N3S. The molecule has 0 spiro atoms. The second kappa shape index (κ2) is 7.80. The highest BCUT2D eigenvalue weighted by molar-refractivity contribution is 7.10. The Labute approximate surface area is 126 Å². The highest BCUT2D eigenvalue weighted by atomic mass is 32.1. The molecule has 2 rings (SSSR count). The quantitative estimate of drug-likeness (QED) is 0.864. The smallest absolute Gasteiger partial charge is 0.0555 e. The molecule has 0 aromatic carbocycles. The maximum Gasteiger partial charge on any atom is 0.0555 e. The molecule has 3 nitrogen and oxygen atoms in total. The zero-order valence-corrected chi connectivity index (χ0v) is 13.4. The largest absolute Gasteiger partial charge is 0.320 e. The van der Waals surface area contributed by atoms with Gasteiger partial charge in [-0.15, -0.1) is 11.3 Å². The summed E-state index contributed by atoms with van der Waals surface area (Å²) in [6.07, 6.45) is 2.48. The molecule has 20 heavy (non-hydrogen) atoms. The van der Waals surface area contributed by atoms with E-state index < -0.39 is 0 Å². The van der Waals surface area contributed by atoms with Crippen molar-refractivity contribution in [2.45, 2.75) is 32.4 Å². The first kappa shape index (κ1) is 15.5. The van der Waals surface area contributed by atoms with Crippen LogP contribution in [0.25, 0.3) is 0 Å². The molecule has 4 heteroatoms. The van der Waals surface area contributed by atoms with Crippen LogP contribution < -0.4 is 5.73 Å². The molecule has 1 aromatic rings. The summed E-state index contributed by atoms with van der Waals surface area (Å²) in [7, 11) is 2.23. The van der Waals surface area contributed by atoms with Gasteiger partial charge >= 0.3 is 0 Å². The van der Waals surface area contributed by atoms with Crippen LogP contribution in [0.3, 0.4) is 0 Å². The van der Waals surface area contributed by atoms with Crippen molar-refractivity contribution < 1.29 is 0 Å². The molecule has 1 aliphatic rings. The van der Waals surface area contributed by atoms with Crippen LogP contribution in [0.4, 0.5) is 0 Å². The maximum absolute atomic E-state index is 5.42. The summed E-state index contributed by atoms with van der Waals surface area (Å²) in [4.78, 5) is 6.50. The number of thiophene rings is 1. The number of nitrogens with two attached hydrogens (primary N) is 1. The Morgan fingerprint density at radius 2 is 2.30 bits per heavy atom. The molecule has 0 radical (unpaired) electrons. The molecule has 1 atom stereocenters. The fourth-order valence-electron chi connectivity index (χ4n) is 2.77. The fourth-order valence-corrected chi connectivity index (χ4v) is 3.61. The zero-order chi connectivity index (χ0) is 14.4. The summed E-state index contributed by atoms with van der Waals surface area (Å²) >= 11 is 1.82. The van der Waals surface area contributed by atoms with Crippen molar-refractivity contribution in [1.82, 2.24) is 9.80 Å². The molecule has 0 bridgehead atoms. The lowest BCUT2D eigenvalue weighted by Gasteiger charge is -2.29. The first-order valence-electron chi connectivity index (χ1n) is 7.42. The summed E-state index contributed by atoms with van der Waals surface area (Å²) in [5, 5.41) is 2.14. The molecule has 0 saturated carbocycles. The van der Waals surface area contributed by atoms with Crippen LogP contribution in [0.15, 0.2) is 11.4 Å². The Bertz CT molecular complexity index is 472. The monoisotopic (exact) mass is 291 g/mol. The minimum Gasteiger partial charge on any atom is -0.320 e. The van der Waals surface area contributed by atoms with E-state index in [1.165, 1.54) is 37.4 Å². The molecule has 1 aromatic heterocycles. The van der Waals surface area contributed by atoms with E-state index in [0.717, 1.165) is 12.1 Å². The second-order valence-electron chi connectivity index (χ2n) is 5.46. The van der Waals surface area contributed by atoms with Crippen LogP contribution in [0.2, 0.25) is 0 Å². The third-order valence-corrected chi connectivity index (χ3v) is 4.76. The van der Waals surface area contributed by atoms with Crippen molar-refractivity contribution >= 4 is 11.3 Å². The van der Waals surface area contributed by atoms with E-state index in [-0.39, 0.29) is 0 Å². The molecule has 1 saturated heterocycles. The molecule has 1 fully saturated rings. The van der Waals surface area contributed by atoms with Crippen LogP contribution in [0.1, 0.15) is 30.2 Å². The summed E-state index contributed by atoms with van der Waals surface area (Å²) in [6.45, 7) is 7.38. The molecule has 1 unspecified atom stereocenters. The number of hydrogen-bond acceptors (Lipinski definition) is 4. The summed E-state index contributed by atoms with van der Waals surface area (Å²) in [5.41, 5.74) is 6.52. The van der Waals surface area contributed by atoms with Gasteiger partial charge in [0, 0.05) is 41.5 Å². The lowest BCUT2D eigenvalue weighted by Crippen LogP contribution is -2.39. The van der Waals surface area contributed by atoms with Crippen molar-refractivity contribution in [3.05, 3.63) is 21.9 Å². The van der Waals surface area contributed by atoms with Gasteiger partial charge in [-0.2, -0.15) is 0 Å². The number of nitrogens with zero attached hydrogens (tertiary/aromatic N) is 2. The van der Waals surface area contributed by atoms with Gasteiger partial charge in [0.15, 0.2) is 0 Å². The van der Waals surface area contributed by atoms with Crippen molar-refractivity contribution in [2.24, 2.45) is 5.73 Å². The third kappa shape index (κ3) is 4.32. The maximum atomic E-state index is 5.42. The molecule has 2 N–H and O–H groups in total. The average molecular weight is 291 g/mol. The first-order valence-corrected chi connectivity index (χ1v) is 8.29. The predicted molar refractivity (Wildman–Crippen MR) is 86.9 cm³/mol. The Kier molecular flexibility index (Phi) is 6.06. The van der Waals surface area contributed by atoms with E-state index in [1.807, 2.05) is 11.3 Å². The Hall–Kier alpha value is -0.860. The van der Waals surface area contributed by atoms with Crippen molar-refractivity contribution in [3.8, 4) is 11.8 Å². The Balaban J connectivity index is 2.01. The number of likely N-dealkylation sites (N-methyl/N-ethyl adjacent to an activating group) is 1. The van der Waals surface area contributed by atoms with Gasteiger partial charge in [-0.25, -0.2) is 0 Å². The minimum absolute atomic E-state index is 0.432. The number of rotatable bonds is 3. The van der Waals surface area contributed by atoms with E-state index in [2.05, 4.69) is 47.1 Å². The van der Waals surface area contributed by atoms with Crippen LogP contribution in [-0.2, 0) is 6.54 Å². The molecular weight excluding hydrogens is 266 g/mol. The zero-order valence-electron chi connectivity index (χ0n) is 12.6. The average Bonchev–Trinajstić information content (AvgIpc) is 2.81. The minimum atomic E-state index is 0.432. The normalized spacial score (nSPS) is 21.2. The van der Waals surface area contributed by atoms with Crippen LogP contribution in [-0.4, -0.2) is 49.1 Å². The van der Waals surface area contributed by atoms with Crippen molar-refractivity contribution in [3.63, 3.8) is 0 Å². The highest BCUT2D eigenvalue weighted by Crippen LogP contribution is 2.20. The molecule has 110 valence electrons. The van der Waals surface area contributed by atoms with Gasteiger partial charge in [-0.05, 0) is 32.5 Å². The van der Waals surface area contributed by atoms with Gasteiger partial charge < -0.3 is 10.6 Å². The Morgan fingerprint density at radius 3 is 3.05 bits per heavy atom. The second-order valence-corrected chi connectivity index (χ2v) is 6.45. The Morgan fingerprint density at radius 1 is 1.45 bits per heavy atom. The fraction of sp³-hybridized carbons (Fsp3) is 0.625. The summed E-state index contributed by atoms with van der Waals surface area (Å²) < 4.78 is 0. The van der Waals surface area contributed by atoms with E-state index >= 15 is 0 Å². The van der Waals surface area contributed by atoms with Gasteiger partial charge in [0.25, 0.3) is 0 Å². The van der Waals surface area contributed by atoms with Gasteiger partial charge in [0.1, 0.15) is 0 Å². The standard InChI is InChI=1S/C16H25N3S/c1-3-15-11-18(2)8-5-9-19(15)12-16-10-14(13-20-16)6-4-7-17/h10,13,15H,3,5,7-9,11-12,17H2,1-2H3. The molecule has 1 aliphatic heterocycles. The van der Waals surface area contributed by atoms with Crippen molar-refractivity contribution in [2.75, 3.05) is 33.2 Å². The highest BCUT2D eigenvalue weighted by Gasteiger charge is 2.22. The summed E-state index contributed by atoms with van der Waals surface area (Å²) in [6, 6.07) is 2.89. The topological polar surface area (TPSA) is 32.5 Å². The predicted octanol–water partition coefficient (Wildman–Crippen LogP) is 1.97.